The van der Waals surface area contributed by atoms with Gasteiger partial charge < -0.3 is 5.11 Å². The van der Waals surface area contributed by atoms with Crippen LogP contribution >= 0.6 is 0 Å². The Morgan fingerprint density at radius 2 is 1.96 bits per heavy atom. The van der Waals surface area contributed by atoms with Gasteiger partial charge in [0.15, 0.2) is 0 Å². The lowest BCUT2D eigenvalue weighted by Crippen LogP contribution is -2.19. The molecule has 0 atom stereocenters. The standard InChI is InChI=1S/C19H24N2O2/c1-13(10-15-11-20-17(18(22)23)21-12-15)7-8-16-14(2)6-5-9-19(16,3)4/h7-8,10-12H,5-6,9H2,1-4H3,(H,22,23). The summed E-state index contributed by atoms with van der Waals surface area (Å²) < 4.78 is 0. The molecule has 1 aromatic heterocycles. The largest absolute Gasteiger partial charge is 0.475 e. The molecule has 23 heavy (non-hydrogen) atoms. The number of aromatic carboxylic acids is 1. The van der Waals surface area contributed by atoms with Crippen molar-refractivity contribution in [1.29, 1.82) is 0 Å². The molecule has 0 spiro atoms. The maximum atomic E-state index is 10.7. The molecule has 4 nitrogen and oxygen atoms in total. The molecule has 0 aliphatic heterocycles. The van der Waals surface area contributed by atoms with Crippen LogP contribution < -0.4 is 0 Å². The molecular weight excluding hydrogens is 288 g/mol. The summed E-state index contributed by atoms with van der Waals surface area (Å²) in [7, 11) is 0. The van der Waals surface area contributed by atoms with Gasteiger partial charge in [-0.25, -0.2) is 14.8 Å². The van der Waals surface area contributed by atoms with E-state index in [-0.39, 0.29) is 11.2 Å². The Balaban J connectivity index is 2.17. The van der Waals surface area contributed by atoms with Crippen LogP contribution in [0.4, 0.5) is 0 Å². The minimum Gasteiger partial charge on any atom is -0.475 e. The van der Waals surface area contributed by atoms with Crippen molar-refractivity contribution in [1.82, 2.24) is 9.97 Å². The van der Waals surface area contributed by atoms with Crippen LogP contribution in [-0.2, 0) is 0 Å². The minimum absolute atomic E-state index is 0.180. The topological polar surface area (TPSA) is 63.1 Å². The Hall–Kier alpha value is -2.23. The second-order valence-electron chi connectivity index (χ2n) is 6.80. The number of aromatic nitrogens is 2. The lowest BCUT2D eigenvalue weighted by atomic mass is 9.72. The molecule has 1 aliphatic rings. The molecule has 1 N–H and O–H groups in total. The predicted molar refractivity (Wildman–Crippen MR) is 92.1 cm³/mol. The van der Waals surface area contributed by atoms with Crippen LogP contribution in [0.3, 0.4) is 0 Å². The van der Waals surface area contributed by atoms with Crippen LogP contribution in [0.5, 0.6) is 0 Å². The van der Waals surface area contributed by atoms with Crippen molar-refractivity contribution < 1.29 is 9.90 Å². The van der Waals surface area contributed by atoms with E-state index in [1.165, 1.54) is 42.8 Å². The van der Waals surface area contributed by atoms with Gasteiger partial charge in [0.25, 0.3) is 0 Å². The number of carboxylic acid groups (broad SMARTS) is 1. The Kier molecular flexibility index (Phi) is 5.14. The van der Waals surface area contributed by atoms with Gasteiger partial charge in [0.1, 0.15) is 0 Å². The van der Waals surface area contributed by atoms with Crippen molar-refractivity contribution in [2.75, 3.05) is 0 Å². The van der Waals surface area contributed by atoms with E-state index in [1.54, 1.807) is 0 Å². The van der Waals surface area contributed by atoms with E-state index in [2.05, 4.69) is 42.9 Å². The summed E-state index contributed by atoms with van der Waals surface area (Å²) in [4.78, 5) is 18.4. The lowest BCUT2D eigenvalue weighted by Gasteiger charge is -2.32. The lowest BCUT2D eigenvalue weighted by molar-refractivity contribution is 0.0683. The van der Waals surface area contributed by atoms with Crippen LogP contribution in [0, 0.1) is 5.41 Å². The maximum absolute atomic E-state index is 10.7. The number of hydrogen-bond donors (Lipinski definition) is 1. The van der Waals surface area contributed by atoms with Crippen molar-refractivity contribution in [2.24, 2.45) is 5.41 Å². The average molecular weight is 312 g/mol. The van der Waals surface area contributed by atoms with Crippen LogP contribution in [0.1, 0.15) is 63.1 Å². The van der Waals surface area contributed by atoms with E-state index >= 15 is 0 Å². The van der Waals surface area contributed by atoms with Crippen molar-refractivity contribution in [3.63, 3.8) is 0 Å². The summed E-state index contributed by atoms with van der Waals surface area (Å²) in [6, 6.07) is 0. The van der Waals surface area contributed by atoms with Gasteiger partial charge in [-0.05, 0) is 50.2 Å². The summed E-state index contributed by atoms with van der Waals surface area (Å²) >= 11 is 0. The molecule has 0 radical (unpaired) electrons. The smallest absolute Gasteiger partial charge is 0.373 e. The molecular formula is C19H24N2O2. The van der Waals surface area contributed by atoms with Crippen molar-refractivity contribution in [3.8, 4) is 0 Å². The fourth-order valence-electron chi connectivity index (χ4n) is 3.06. The maximum Gasteiger partial charge on any atom is 0.373 e. The van der Waals surface area contributed by atoms with Gasteiger partial charge in [0.05, 0.1) is 0 Å². The highest BCUT2D eigenvalue weighted by molar-refractivity contribution is 5.83. The zero-order chi connectivity index (χ0) is 17.0. The first-order valence-corrected chi connectivity index (χ1v) is 7.91. The van der Waals surface area contributed by atoms with Crippen molar-refractivity contribution in [3.05, 3.63) is 52.7 Å². The first-order valence-electron chi connectivity index (χ1n) is 7.91. The first-order chi connectivity index (χ1) is 10.8. The third-order valence-corrected chi connectivity index (χ3v) is 4.31. The summed E-state index contributed by atoms with van der Waals surface area (Å²) in [5, 5.41) is 8.80. The number of rotatable bonds is 4. The first kappa shape index (κ1) is 17.1. The molecule has 0 amide bonds. The molecule has 0 unspecified atom stereocenters. The summed E-state index contributed by atoms with van der Waals surface area (Å²) in [5.74, 6) is -1.29. The molecule has 0 aromatic carbocycles. The summed E-state index contributed by atoms with van der Waals surface area (Å²) in [5.41, 5.74) is 5.00. The van der Waals surface area contributed by atoms with Gasteiger partial charge in [-0.15, -0.1) is 0 Å². The van der Waals surface area contributed by atoms with Gasteiger partial charge >= 0.3 is 5.97 Å². The highest BCUT2D eigenvalue weighted by atomic mass is 16.4. The Morgan fingerprint density at radius 3 is 2.52 bits per heavy atom. The third kappa shape index (κ3) is 4.38. The van der Waals surface area contributed by atoms with Crippen LogP contribution in [0.2, 0.25) is 0 Å². The van der Waals surface area contributed by atoms with Crippen LogP contribution in [0.25, 0.3) is 6.08 Å². The van der Waals surface area contributed by atoms with Gasteiger partial charge in [0, 0.05) is 18.0 Å². The SMILES string of the molecule is CC(C=CC1=C(C)CCCC1(C)C)=Cc1cnc(C(=O)O)nc1. The normalized spacial score (nSPS) is 18.5. The zero-order valence-corrected chi connectivity index (χ0v) is 14.3. The fraction of sp³-hybridized carbons (Fsp3) is 0.421. The molecule has 0 fully saturated rings. The highest BCUT2D eigenvalue weighted by Gasteiger charge is 2.26. The van der Waals surface area contributed by atoms with E-state index in [0.717, 1.165) is 11.1 Å². The molecule has 1 aliphatic carbocycles. The van der Waals surface area contributed by atoms with Gasteiger partial charge in [-0.2, -0.15) is 0 Å². The van der Waals surface area contributed by atoms with Gasteiger partial charge in [-0.3, -0.25) is 0 Å². The average Bonchev–Trinajstić information content (AvgIpc) is 2.46. The van der Waals surface area contributed by atoms with E-state index in [0.29, 0.717) is 0 Å². The highest BCUT2D eigenvalue weighted by Crippen LogP contribution is 2.40. The minimum atomic E-state index is -1.11. The third-order valence-electron chi connectivity index (χ3n) is 4.31. The monoisotopic (exact) mass is 312 g/mol. The molecule has 122 valence electrons. The second-order valence-corrected chi connectivity index (χ2v) is 6.80. The molecule has 4 heteroatoms. The molecule has 0 saturated heterocycles. The molecule has 0 saturated carbocycles. The van der Waals surface area contributed by atoms with Gasteiger partial charge in [0.2, 0.25) is 5.82 Å². The molecule has 1 aromatic rings. The Labute approximate surface area is 137 Å². The van der Waals surface area contributed by atoms with Crippen molar-refractivity contribution in [2.45, 2.75) is 47.0 Å². The second kappa shape index (κ2) is 6.90. The van der Waals surface area contributed by atoms with Gasteiger partial charge in [-0.1, -0.05) is 37.1 Å². The molecule has 0 bridgehead atoms. The van der Waals surface area contributed by atoms with E-state index in [9.17, 15) is 4.79 Å². The Morgan fingerprint density at radius 1 is 1.30 bits per heavy atom. The van der Waals surface area contributed by atoms with E-state index in [1.807, 2.05) is 13.0 Å². The van der Waals surface area contributed by atoms with E-state index < -0.39 is 5.97 Å². The number of carboxylic acids is 1. The zero-order valence-electron chi connectivity index (χ0n) is 14.3. The number of allylic oxidation sites excluding steroid dienone is 5. The van der Waals surface area contributed by atoms with E-state index in [4.69, 9.17) is 5.11 Å². The Bertz CT molecular complexity index is 680. The predicted octanol–water partition coefficient (Wildman–Crippen LogP) is 4.66. The number of carbonyl (C=O) groups is 1. The number of hydrogen-bond acceptors (Lipinski definition) is 3. The fourth-order valence-corrected chi connectivity index (χ4v) is 3.06. The van der Waals surface area contributed by atoms with Crippen LogP contribution in [-0.4, -0.2) is 21.0 Å². The van der Waals surface area contributed by atoms with Crippen LogP contribution in [0.15, 0.2) is 41.3 Å². The quantitative estimate of drug-likeness (QED) is 0.821. The van der Waals surface area contributed by atoms with Crippen molar-refractivity contribution >= 4 is 12.0 Å². The number of nitrogens with zero attached hydrogens (tertiary/aromatic N) is 2. The molecule has 1 heterocycles. The molecule has 2 rings (SSSR count). The summed E-state index contributed by atoms with van der Waals surface area (Å²) in [6.07, 6.45) is 13.0. The summed E-state index contributed by atoms with van der Waals surface area (Å²) in [6.45, 7) is 8.84.